The number of morpholine rings is 1. The molecular formula is C13H18N2O4. The zero-order valence-electron chi connectivity index (χ0n) is 10.8. The van der Waals surface area contributed by atoms with Gasteiger partial charge in [0.1, 0.15) is 5.75 Å². The zero-order valence-corrected chi connectivity index (χ0v) is 10.8. The van der Waals surface area contributed by atoms with Crippen molar-refractivity contribution in [2.24, 2.45) is 0 Å². The molecule has 1 aromatic rings. The minimum Gasteiger partial charge on any atom is -0.494 e. The van der Waals surface area contributed by atoms with Crippen LogP contribution >= 0.6 is 0 Å². The van der Waals surface area contributed by atoms with Crippen molar-refractivity contribution in [2.75, 3.05) is 39.5 Å². The number of nitro benzene ring substituents is 1. The first-order valence-electron chi connectivity index (χ1n) is 6.43. The van der Waals surface area contributed by atoms with Crippen LogP contribution in [0.5, 0.6) is 5.75 Å². The first-order chi connectivity index (χ1) is 9.25. The lowest BCUT2D eigenvalue weighted by Gasteiger charge is -2.26. The van der Waals surface area contributed by atoms with E-state index in [9.17, 15) is 10.1 Å². The van der Waals surface area contributed by atoms with E-state index in [1.165, 1.54) is 12.1 Å². The van der Waals surface area contributed by atoms with E-state index in [0.29, 0.717) is 12.4 Å². The van der Waals surface area contributed by atoms with Crippen LogP contribution in [0.4, 0.5) is 5.69 Å². The van der Waals surface area contributed by atoms with Crippen molar-refractivity contribution in [1.82, 2.24) is 4.90 Å². The van der Waals surface area contributed by atoms with Crippen molar-refractivity contribution < 1.29 is 14.4 Å². The molecule has 0 N–H and O–H groups in total. The molecule has 0 aromatic heterocycles. The average molecular weight is 266 g/mol. The molecule has 0 saturated carbocycles. The van der Waals surface area contributed by atoms with E-state index in [-0.39, 0.29) is 5.69 Å². The fourth-order valence-corrected chi connectivity index (χ4v) is 1.97. The lowest BCUT2D eigenvalue weighted by Crippen LogP contribution is -2.37. The summed E-state index contributed by atoms with van der Waals surface area (Å²) in [7, 11) is 0. The van der Waals surface area contributed by atoms with Crippen LogP contribution in [0.3, 0.4) is 0 Å². The molecule has 0 unspecified atom stereocenters. The molecule has 0 bridgehead atoms. The standard InChI is InChI=1S/C13H18N2O4/c16-15(17)12-2-4-13(5-3-12)19-9-1-6-14-7-10-18-11-8-14/h2-5H,1,6-11H2. The largest absolute Gasteiger partial charge is 0.494 e. The molecule has 0 spiro atoms. The van der Waals surface area contributed by atoms with E-state index in [4.69, 9.17) is 9.47 Å². The highest BCUT2D eigenvalue weighted by atomic mass is 16.6. The molecule has 1 saturated heterocycles. The molecular weight excluding hydrogens is 248 g/mol. The average Bonchev–Trinajstić information content (AvgIpc) is 2.45. The molecule has 19 heavy (non-hydrogen) atoms. The van der Waals surface area contributed by atoms with Gasteiger partial charge in [-0.25, -0.2) is 0 Å². The van der Waals surface area contributed by atoms with Gasteiger partial charge in [-0.3, -0.25) is 15.0 Å². The number of nitrogens with zero attached hydrogens (tertiary/aromatic N) is 2. The molecule has 1 aliphatic rings. The van der Waals surface area contributed by atoms with Gasteiger partial charge in [-0.1, -0.05) is 0 Å². The van der Waals surface area contributed by atoms with Gasteiger partial charge < -0.3 is 9.47 Å². The molecule has 0 amide bonds. The maximum Gasteiger partial charge on any atom is 0.269 e. The van der Waals surface area contributed by atoms with Gasteiger partial charge in [0.25, 0.3) is 5.69 Å². The normalized spacial score (nSPS) is 16.2. The number of hydrogen-bond acceptors (Lipinski definition) is 5. The molecule has 6 heteroatoms. The predicted molar refractivity (Wildman–Crippen MR) is 70.5 cm³/mol. The number of nitro groups is 1. The van der Waals surface area contributed by atoms with Crippen molar-refractivity contribution in [2.45, 2.75) is 6.42 Å². The summed E-state index contributed by atoms with van der Waals surface area (Å²) in [5.74, 6) is 0.674. The summed E-state index contributed by atoms with van der Waals surface area (Å²) in [6.45, 7) is 5.20. The van der Waals surface area contributed by atoms with Crippen molar-refractivity contribution in [3.63, 3.8) is 0 Å². The fourth-order valence-electron chi connectivity index (χ4n) is 1.97. The third-order valence-corrected chi connectivity index (χ3v) is 3.04. The highest BCUT2D eigenvalue weighted by Crippen LogP contribution is 2.17. The van der Waals surface area contributed by atoms with E-state index < -0.39 is 4.92 Å². The predicted octanol–water partition coefficient (Wildman–Crippen LogP) is 1.70. The van der Waals surface area contributed by atoms with Crippen LogP contribution in [0.15, 0.2) is 24.3 Å². The molecule has 104 valence electrons. The van der Waals surface area contributed by atoms with Crippen LogP contribution in [0.1, 0.15) is 6.42 Å². The fraction of sp³-hybridized carbons (Fsp3) is 0.538. The van der Waals surface area contributed by atoms with E-state index in [0.717, 1.165) is 39.3 Å². The Morgan fingerprint density at radius 1 is 1.26 bits per heavy atom. The van der Waals surface area contributed by atoms with Crippen molar-refractivity contribution in [3.05, 3.63) is 34.4 Å². The minimum absolute atomic E-state index is 0.0840. The smallest absolute Gasteiger partial charge is 0.269 e. The molecule has 1 fully saturated rings. The molecule has 0 atom stereocenters. The van der Waals surface area contributed by atoms with Crippen LogP contribution in [0.25, 0.3) is 0 Å². The highest BCUT2D eigenvalue weighted by molar-refractivity contribution is 5.35. The highest BCUT2D eigenvalue weighted by Gasteiger charge is 2.09. The third kappa shape index (κ3) is 4.50. The van der Waals surface area contributed by atoms with Crippen molar-refractivity contribution in [3.8, 4) is 5.75 Å². The van der Waals surface area contributed by atoms with Gasteiger partial charge in [0.05, 0.1) is 24.7 Å². The molecule has 2 rings (SSSR count). The van der Waals surface area contributed by atoms with Crippen LogP contribution in [0.2, 0.25) is 0 Å². The second-order valence-corrected chi connectivity index (χ2v) is 4.41. The summed E-state index contributed by atoms with van der Waals surface area (Å²) < 4.78 is 10.8. The Hall–Kier alpha value is -1.66. The number of non-ortho nitro benzene ring substituents is 1. The van der Waals surface area contributed by atoms with Crippen LogP contribution in [-0.4, -0.2) is 49.3 Å². The summed E-state index contributed by atoms with van der Waals surface area (Å²) in [5, 5.41) is 10.5. The van der Waals surface area contributed by atoms with E-state index in [1.54, 1.807) is 12.1 Å². The molecule has 0 aliphatic carbocycles. The van der Waals surface area contributed by atoms with E-state index in [1.807, 2.05) is 0 Å². The Labute approximate surface area is 112 Å². The summed E-state index contributed by atoms with van der Waals surface area (Å²) in [6.07, 6.45) is 0.941. The van der Waals surface area contributed by atoms with Gasteiger partial charge in [0.15, 0.2) is 0 Å². The van der Waals surface area contributed by atoms with Crippen molar-refractivity contribution in [1.29, 1.82) is 0 Å². The maximum atomic E-state index is 10.5. The van der Waals surface area contributed by atoms with Crippen molar-refractivity contribution >= 4 is 5.69 Å². The van der Waals surface area contributed by atoms with Gasteiger partial charge in [0.2, 0.25) is 0 Å². The Morgan fingerprint density at radius 2 is 1.95 bits per heavy atom. The summed E-state index contributed by atoms with van der Waals surface area (Å²) in [4.78, 5) is 12.4. The number of hydrogen-bond donors (Lipinski definition) is 0. The van der Waals surface area contributed by atoms with Crippen LogP contribution in [0, 0.1) is 10.1 Å². The lowest BCUT2D eigenvalue weighted by molar-refractivity contribution is -0.384. The minimum atomic E-state index is -0.414. The quantitative estimate of drug-likeness (QED) is 0.445. The Kier molecular flexibility index (Phi) is 5.11. The van der Waals surface area contributed by atoms with E-state index >= 15 is 0 Å². The first-order valence-corrected chi connectivity index (χ1v) is 6.43. The Morgan fingerprint density at radius 3 is 2.58 bits per heavy atom. The molecule has 1 heterocycles. The zero-order chi connectivity index (χ0) is 13.5. The summed E-state index contributed by atoms with van der Waals surface area (Å²) in [5.41, 5.74) is 0.0840. The topological polar surface area (TPSA) is 64.8 Å². The molecule has 0 radical (unpaired) electrons. The van der Waals surface area contributed by atoms with Gasteiger partial charge in [-0.05, 0) is 18.6 Å². The molecule has 1 aromatic carbocycles. The summed E-state index contributed by atoms with van der Waals surface area (Å²) in [6, 6.07) is 6.17. The second kappa shape index (κ2) is 7.06. The molecule has 1 aliphatic heterocycles. The van der Waals surface area contributed by atoms with Crippen LogP contribution < -0.4 is 4.74 Å². The van der Waals surface area contributed by atoms with Gasteiger partial charge in [-0.15, -0.1) is 0 Å². The third-order valence-electron chi connectivity index (χ3n) is 3.04. The van der Waals surface area contributed by atoms with Gasteiger partial charge in [-0.2, -0.15) is 0 Å². The number of rotatable bonds is 6. The first kappa shape index (κ1) is 13.8. The monoisotopic (exact) mass is 266 g/mol. The Balaban J connectivity index is 1.66. The van der Waals surface area contributed by atoms with Gasteiger partial charge in [0, 0.05) is 31.8 Å². The second-order valence-electron chi connectivity index (χ2n) is 4.41. The summed E-state index contributed by atoms with van der Waals surface area (Å²) >= 11 is 0. The molecule has 6 nitrogen and oxygen atoms in total. The number of ether oxygens (including phenoxy) is 2. The van der Waals surface area contributed by atoms with Crippen LogP contribution in [-0.2, 0) is 4.74 Å². The lowest BCUT2D eigenvalue weighted by atomic mass is 10.3. The van der Waals surface area contributed by atoms with Gasteiger partial charge >= 0.3 is 0 Å². The SMILES string of the molecule is O=[N+]([O-])c1ccc(OCCCN2CCOCC2)cc1. The van der Waals surface area contributed by atoms with E-state index in [2.05, 4.69) is 4.90 Å². The maximum absolute atomic E-state index is 10.5. The number of benzene rings is 1. The Bertz CT molecular complexity index is 402.